The van der Waals surface area contributed by atoms with Crippen molar-refractivity contribution in [3.8, 4) is 28.5 Å². The van der Waals surface area contributed by atoms with Gasteiger partial charge in [-0.2, -0.15) is 5.10 Å². The van der Waals surface area contributed by atoms with E-state index in [0.717, 1.165) is 59.8 Å². The zero-order chi connectivity index (χ0) is 23.2. The highest BCUT2D eigenvalue weighted by Crippen LogP contribution is 2.50. The van der Waals surface area contributed by atoms with E-state index in [4.69, 9.17) is 44.3 Å². The minimum atomic E-state index is 0.336. The topological polar surface area (TPSA) is 56.7 Å². The largest absolute Gasteiger partial charge is 0.419 e. The van der Waals surface area contributed by atoms with Gasteiger partial charge in [0.25, 0.3) is 5.89 Å². The van der Waals surface area contributed by atoms with Gasteiger partial charge in [-0.05, 0) is 61.9 Å². The first-order valence-electron chi connectivity index (χ1n) is 11.8. The highest BCUT2D eigenvalue weighted by atomic mass is 35.5. The number of halogens is 3. The fraction of sp³-hybridized carbons (Fsp3) is 0.346. The minimum Gasteiger partial charge on any atom is -0.419 e. The van der Waals surface area contributed by atoms with Crippen LogP contribution in [0.4, 0.5) is 0 Å². The second-order valence-electron chi connectivity index (χ2n) is 9.18. The summed E-state index contributed by atoms with van der Waals surface area (Å²) in [6.07, 6.45) is 8.08. The van der Waals surface area contributed by atoms with Crippen LogP contribution in [0.2, 0.25) is 15.1 Å². The summed E-state index contributed by atoms with van der Waals surface area (Å²) >= 11 is 19.0. The summed E-state index contributed by atoms with van der Waals surface area (Å²) in [5, 5.41) is 15.7. The zero-order valence-electron chi connectivity index (χ0n) is 18.5. The van der Waals surface area contributed by atoms with Crippen LogP contribution in [0, 0.1) is 0 Å². The van der Waals surface area contributed by atoms with Gasteiger partial charge in [-0.1, -0.05) is 66.2 Å². The monoisotopic (exact) mass is 512 g/mol. The lowest BCUT2D eigenvalue weighted by atomic mass is 9.89. The molecule has 8 heteroatoms. The van der Waals surface area contributed by atoms with Crippen molar-refractivity contribution >= 4 is 34.8 Å². The van der Waals surface area contributed by atoms with Crippen molar-refractivity contribution in [3.63, 3.8) is 0 Å². The molecule has 2 aromatic carbocycles. The second-order valence-corrected chi connectivity index (χ2v) is 10.5. The molecule has 0 N–H and O–H groups in total. The van der Waals surface area contributed by atoms with E-state index in [9.17, 15) is 0 Å². The van der Waals surface area contributed by atoms with Crippen LogP contribution >= 0.6 is 34.8 Å². The average Bonchev–Trinajstić information content (AvgIpc) is 3.43. The van der Waals surface area contributed by atoms with Gasteiger partial charge >= 0.3 is 0 Å². The normalized spacial score (nSPS) is 16.8. The molecule has 34 heavy (non-hydrogen) atoms. The van der Waals surface area contributed by atoms with Crippen molar-refractivity contribution in [2.45, 2.75) is 56.8 Å². The highest BCUT2D eigenvalue weighted by Gasteiger charge is 2.36. The van der Waals surface area contributed by atoms with Crippen LogP contribution < -0.4 is 0 Å². The molecule has 2 saturated carbocycles. The third-order valence-corrected chi connectivity index (χ3v) is 7.55. The Kier molecular flexibility index (Phi) is 5.88. The first kappa shape index (κ1) is 22.1. The quantitative estimate of drug-likeness (QED) is 0.268. The molecular weight excluding hydrogens is 491 g/mol. The van der Waals surface area contributed by atoms with E-state index in [1.165, 1.54) is 19.3 Å². The van der Waals surface area contributed by atoms with E-state index in [2.05, 4.69) is 10.2 Å². The second kappa shape index (κ2) is 9.03. The zero-order valence-corrected chi connectivity index (χ0v) is 20.7. The van der Waals surface area contributed by atoms with Crippen LogP contribution in [0.1, 0.15) is 68.2 Å². The maximum atomic E-state index is 6.64. The fourth-order valence-electron chi connectivity index (χ4n) is 4.90. The number of hydrogen-bond donors (Lipinski definition) is 0. The van der Waals surface area contributed by atoms with Gasteiger partial charge in [0.1, 0.15) is 0 Å². The maximum Gasteiger partial charge on any atom is 0.268 e. The molecule has 2 aromatic heterocycles. The van der Waals surface area contributed by atoms with Gasteiger partial charge in [-0.15, -0.1) is 10.2 Å². The van der Waals surface area contributed by atoms with Crippen molar-refractivity contribution in [3.05, 3.63) is 69.0 Å². The van der Waals surface area contributed by atoms with Gasteiger partial charge < -0.3 is 4.42 Å². The Morgan fingerprint density at radius 3 is 2.24 bits per heavy atom. The Morgan fingerprint density at radius 1 is 0.794 bits per heavy atom. The summed E-state index contributed by atoms with van der Waals surface area (Å²) in [7, 11) is 0. The molecule has 0 aliphatic heterocycles. The van der Waals surface area contributed by atoms with Crippen molar-refractivity contribution in [1.82, 2.24) is 20.0 Å². The van der Waals surface area contributed by atoms with E-state index >= 15 is 0 Å². The number of aromatic nitrogens is 4. The standard InChI is InChI=1S/C26H23Cl3N4O/c27-18-10-8-16(9-11-18)24-22(15-6-7-15)23(32-33(24)21-13-12-19(28)14-20(21)29)26-31-30-25(34-26)17-4-2-1-3-5-17/h8-15,17H,1-7H2. The molecule has 0 saturated heterocycles. The summed E-state index contributed by atoms with van der Waals surface area (Å²) < 4.78 is 8.15. The van der Waals surface area contributed by atoms with Crippen molar-refractivity contribution in [2.24, 2.45) is 0 Å². The molecule has 6 rings (SSSR count). The molecule has 0 atom stereocenters. The SMILES string of the molecule is Clc1ccc(-c2c(C3CC3)c(-c3nnc(C4CCCCC4)o3)nn2-c2ccc(Cl)cc2Cl)cc1. The van der Waals surface area contributed by atoms with E-state index in [0.29, 0.717) is 32.8 Å². The van der Waals surface area contributed by atoms with Gasteiger partial charge in [0.2, 0.25) is 5.89 Å². The maximum absolute atomic E-state index is 6.64. The van der Waals surface area contributed by atoms with E-state index in [1.807, 2.05) is 41.1 Å². The number of nitrogens with zero attached hydrogens (tertiary/aromatic N) is 4. The summed E-state index contributed by atoms with van der Waals surface area (Å²) in [5.41, 5.74) is 4.57. The minimum absolute atomic E-state index is 0.336. The first-order valence-corrected chi connectivity index (χ1v) is 12.9. The molecule has 2 aliphatic carbocycles. The molecule has 174 valence electrons. The molecule has 2 heterocycles. The molecule has 4 aromatic rings. The molecular formula is C26H23Cl3N4O. The lowest BCUT2D eigenvalue weighted by Crippen LogP contribution is -2.04. The summed E-state index contributed by atoms with van der Waals surface area (Å²) in [4.78, 5) is 0. The van der Waals surface area contributed by atoms with Crippen molar-refractivity contribution < 1.29 is 4.42 Å². The highest BCUT2D eigenvalue weighted by molar-refractivity contribution is 6.35. The smallest absolute Gasteiger partial charge is 0.268 e. The summed E-state index contributed by atoms with van der Waals surface area (Å²) in [5.74, 6) is 1.92. The molecule has 0 amide bonds. The molecule has 0 spiro atoms. The molecule has 5 nitrogen and oxygen atoms in total. The average molecular weight is 514 g/mol. The molecule has 0 radical (unpaired) electrons. The Labute approximate surface area is 213 Å². The molecule has 2 aliphatic rings. The van der Waals surface area contributed by atoms with Crippen LogP contribution in [0.25, 0.3) is 28.5 Å². The van der Waals surface area contributed by atoms with Crippen LogP contribution in [0.15, 0.2) is 46.9 Å². The van der Waals surface area contributed by atoms with Gasteiger partial charge in [0, 0.05) is 27.1 Å². The van der Waals surface area contributed by atoms with E-state index < -0.39 is 0 Å². The fourth-order valence-corrected chi connectivity index (χ4v) is 5.52. The third-order valence-electron chi connectivity index (χ3n) is 6.76. The Bertz CT molecular complexity index is 1330. The molecule has 0 unspecified atom stereocenters. The molecule has 0 bridgehead atoms. The van der Waals surface area contributed by atoms with Gasteiger partial charge in [-0.25, -0.2) is 4.68 Å². The van der Waals surface area contributed by atoms with Crippen molar-refractivity contribution in [2.75, 3.05) is 0 Å². The summed E-state index contributed by atoms with van der Waals surface area (Å²) in [6, 6.07) is 13.2. The Balaban J connectivity index is 1.54. The van der Waals surface area contributed by atoms with Crippen LogP contribution in [-0.4, -0.2) is 20.0 Å². The Morgan fingerprint density at radius 2 is 1.53 bits per heavy atom. The van der Waals surface area contributed by atoms with E-state index in [-0.39, 0.29) is 0 Å². The van der Waals surface area contributed by atoms with Gasteiger partial charge in [0.05, 0.1) is 16.4 Å². The Hall–Kier alpha value is -2.34. The van der Waals surface area contributed by atoms with Crippen LogP contribution in [0.5, 0.6) is 0 Å². The third kappa shape index (κ3) is 4.15. The first-order chi connectivity index (χ1) is 16.6. The van der Waals surface area contributed by atoms with Gasteiger partial charge in [0.15, 0.2) is 5.69 Å². The van der Waals surface area contributed by atoms with Crippen LogP contribution in [0.3, 0.4) is 0 Å². The van der Waals surface area contributed by atoms with Crippen LogP contribution in [-0.2, 0) is 0 Å². The van der Waals surface area contributed by atoms with Crippen molar-refractivity contribution in [1.29, 1.82) is 0 Å². The van der Waals surface area contributed by atoms with Gasteiger partial charge in [-0.3, -0.25) is 0 Å². The number of hydrogen-bond acceptors (Lipinski definition) is 4. The lowest BCUT2D eigenvalue weighted by molar-refractivity contribution is 0.366. The summed E-state index contributed by atoms with van der Waals surface area (Å²) in [6.45, 7) is 0. The predicted molar refractivity (Wildman–Crippen MR) is 135 cm³/mol. The lowest BCUT2D eigenvalue weighted by Gasteiger charge is -2.17. The predicted octanol–water partition coefficient (Wildman–Crippen LogP) is 8.47. The molecule has 2 fully saturated rings. The number of rotatable bonds is 5. The number of benzene rings is 2. The van der Waals surface area contributed by atoms with E-state index in [1.54, 1.807) is 6.07 Å².